The number of thioether (sulfide) groups is 1. The molecule has 0 spiro atoms. The van der Waals surface area contributed by atoms with Crippen LogP contribution < -0.4 is 10.2 Å². The molecule has 0 saturated carbocycles. The second kappa shape index (κ2) is 8.13. The van der Waals surface area contributed by atoms with Crippen LogP contribution in [-0.2, 0) is 19.4 Å². The van der Waals surface area contributed by atoms with Crippen molar-refractivity contribution in [2.45, 2.75) is 31.4 Å². The molecule has 0 bridgehead atoms. The number of rotatable bonds is 6. The van der Waals surface area contributed by atoms with Gasteiger partial charge in [-0.3, -0.25) is 4.79 Å². The van der Waals surface area contributed by atoms with Crippen LogP contribution in [0, 0.1) is 13.8 Å². The molecular weight excluding hydrogens is 384 g/mol. The standard InChI is InChI=1S/C22H22N4O2S/c1-14-9-15(2)21-18(10-14)23-16(11-19(21)27)13-29-22-25-24-20(26(22)3)12-28-17-7-5-4-6-8-17/h4-11H,12-13H2,1-3H3,(H,23,27). The van der Waals surface area contributed by atoms with E-state index >= 15 is 0 Å². The van der Waals surface area contributed by atoms with E-state index in [4.69, 9.17) is 4.74 Å². The molecular formula is C22H22N4O2S. The fourth-order valence-electron chi connectivity index (χ4n) is 3.31. The van der Waals surface area contributed by atoms with Crippen molar-refractivity contribution in [1.82, 2.24) is 19.7 Å². The number of nitrogens with one attached hydrogen (secondary N) is 1. The van der Waals surface area contributed by atoms with E-state index in [1.165, 1.54) is 11.8 Å². The molecule has 29 heavy (non-hydrogen) atoms. The van der Waals surface area contributed by atoms with Crippen molar-refractivity contribution in [1.29, 1.82) is 0 Å². The molecule has 4 aromatic rings. The van der Waals surface area contributed by atoms with Crippen LogP contribution in [0.5, 0.6) is 5.75 Å². The number of ether oxygens (including phenoxy) is 1. The summed E-state index contributed by atoms with van der Waals surface area (Å²) >= 11 is 1.53. The summed E-state index contributed by atoms with van der Waals surface area (Å²) < 4.78 is 7.67. The molecule has 0 atom stereocenters. The first-order valence-electron chi connectivity index (χ1n) is 9.33. The molecule has 0 unspecified atom stereocenters. The fraction of sp³-hybridized carbons (Fsp3) is 0.227. The van der Waals surface area contributed by atoms with E-state index in [2.05, 4.69) is 15.2 Å². The molecule has 0 saturated heterocycles. The molecule has 0 fully saturated rings. The molecule has 2 heterocycles. The van der Waals surface area contributed by atoms with E-state index in [1.54, 1.807) is 6.07 Å². The van der Waals surface area contributed by atoms with Crippen LogP contribution in [-0.4, -0.2) is 19.7 Å². The first-order valence-corrected chi connectivity index (χ1v) is 10.3. The Morgan fingerprint density at radius 3 is 2.69 bits per heavy atom. The lowest BCUT2D eigenvalue weighted by Gasteiger charge is -2.08. The lowest BCUT2D eigenvalue weighted by atomic mass is 10.1. The van der Waals surface area contributed by atoms with Gasteiger partial charge < -0.3 is 14.3 Å². The molecule has 4 rings (SSSR count). The summed E-state index contributed by atoms with van der Waals surface area (Å²) in [7, 11) is 1.92. The zero-order chi connectivity index (χ0) is 20.4. The van der Waals surface area contributed by atoms with E-state index in [1.807, 2.05) is 67.9 Å². The molecule has 6 nitrogen and oxygen atoms in total. The van der Waals surface area contributed by atoms with Crippen LogP contribution in [0.3, 0.4) is 0 Å². The van der Waals surface area contributed by atoms with Gasteiger partial charge in [0.1, 0.15) is 12.4 Å². The summed E-state index contributed by atoms with van der Waals surface area (Å²) in [6, 6.07) is 15.3. The minimum Gasteiger partial charge on any atom is -0.486 e. The van der Waals surface area contributed by atoms with Crippen LogP contribution in [0.1, 0.15) is 22.6 Å². The van der Waals surface area contributed by atoms with E-state index in [-0.39, 0.29) is 5.43 Å². The van der Waals surface area contributed by atoms with Crippen molar-refractivity contribution >= 4 is 22.7 Å². The number of aryl methyl sites for hydroxylation is 2. The molecule has 148 valence electrons. The van der Waals surface area contributed by atoms with Crippen LogP contribution in [0.25, 0.3) is 10.9 Å². The monoisotopic (exact) mass is 406 g/mol. The zero-order valence-electron chi connectivity index (χ0n) is 16.6. The van der Waals surface area contributed by atoms with Gasteiger partial charge in [0.15, 0.2) is 16.4 Å². The molecule has 0 radical (unpaired) electrons. The van der Waals surface area contributed by atoms with Gasteiger partial charge in [0, 0.05) is 29.9 Å². The number of benzene rings is 2. The smallest absolute Gasteiger partial charge is 0.191 e. The number of pyridine rings is 1. The van der Waals surface area contributed by atoms with Gasteiger partial charge in [0.05, 0.1) is 5.52 Å². The number of aromatic nitrogens is 4. The third kappa shape index (κ3) is 4.19. The maximum absolute atomic E-state index is 12.6. The Bertz CT molecular complexity index is 1210. The van der Waals surface area contributed by atoms with Gasteiger partial charge in [-0.15, -0.1) is 10.2 Å². The van der Waals surface area contributed by atoms with Gasteiger partial charge in [-0.25, -0.2) is 0 Å². The van der Waals surface area contributed by atoms with Crippen molar-refractivity contribution < 1.29 is 4.74 Å². The van der Waals surface area contributed by atoms with Gasteiger partial charge in [0.25, 0.3) is 0 Å². The van der Waals surface area contributed by atoms with E-state index in [0.717, 1.165) is 44.5 Å². The van der Waals surface area contributed by atoms with Crippen LogP contribution in [0.15, 0.2) is 58.5 Å². The van der Waals surface area contributed by atoms with E-state index in [9.17, 15) is 4.79 Å². The second-order valence-electron chi connectivity index (χ2n) is 7.01. The largest absolute Gasteiger partial charge is 0.486 e. The Kier molecular flexibility index (Phi) is 5.40. The normalized spacial score (nSPS) is 11.1. The first-order chi connectivity index (χ1) is 14.0. The van der Waals surface area contributed by atoms with Crippen molar-refractivity contribution in [2.24, 2.45) is 7.05 Å². The molecule has 2 aromatic carbocycles. The molecule has 7 heteroatoms. The average molecular weight is 407 g/mol. The predicted molar refractivity (Wildman–Crippen MR) is 115 cm³/mol. The highest BCUT2D eigenvalue weighted by atomic mass is 32.2. The van der Waals surface area contributed by atoms with Gasteiger partial charge in [-0.05, 0) is 43.2 Å². The quantitative estimate of drug-likeness (QED) is 0.487. The Balaban J connectivity index is 1.48. The number of H-pyrrole nitrogens is 1. The van der Waals surface area contributed by atoms with Crippen LogP contribution in [0.4, 0.5) is 0 Å². The molecule has 0 aliphatic rings. The lowest BCUT2D eigenvalue weighted by Crippen LogP contribution is -2.07. The highest BCUT2D eigenvalue weighted by molar-refractivity contribution is 7.98. The minimum absolute atomic E-state index is 0.0433. The summed E-state index contributed by atoms with van der Waals surface area (Å²) in [4.78, 5) is 15.9. The van der Waals surface area contributed by atoms with Gasteiger partial charge in [0.2, 0.25) is 0 Å². The van der Waals surface area contributed by atoms with E-state index in [0.29, 0.717) is 12.4 Å². The summed E-state index contributed by atoms with van der Waals surface area (Å²) in [6.45, 7) is 4.35. The number of aromatic amines is 1. The Hall–Kier alpha value is -3.06. The first kappa shape index (κ1) is 19.3. The number of hydrogen-bond acceptors (Lipinski definition) is 5. The maximum atomic E-state index is 12.6. The fourth-order valence-corrected chi connectivity index (χ4v) is 4.15. The molecule has 2 aromatic heterocycles. The second-order valence-corrected chi connectivity index (χ2v) is 7.95. The lowest BCUT2D eigenvalue weighted by molar-refractivity contribution is 0.290. The molecule has 1 N–H and O–H groups in total. The topological polar surface area (TPSA) is 72.8 Å². The summed E-state index contributed by atoms with van der Waals surface area (Å²) in [6.07, 6.45) is 0. The number of nitrogens with zero attached hydrogens (tertiary/aromatic N) is 3. The predicted octanol–water partition coefficient (Wildman–Crippen LogP) is 4.14. The highest BCUT2D eigenvalue weighted by Crippen LogP contribution is 2.22. The Labute approximate surface area is 172 Å². The third-order valence-electron chi connectivity index (χ3n) is 4.72. The number of para-hydroxylation sites is 1. The average Bonchev–Trinajstić information content (AvgIpc) is 3.04. The molecule has 0 aliphatic heterocycles. The third-order valence-corrected chi connectivity index (χ3v) is 5.79. The SMILES string of the molecule is Cc1cc(C)c2c(=O)cc(CSc3nnc(COc4ccccc4)n3C)[nH]c2c1. The summed E-state index contributed by atoms with van der Waals surface area (Å²) in [5.41, 5.74) is 3.91. The van der Waals surface area contributed by atoms with Gasteiger partial charge >= 0.3 is 0 Å². The number of fused-ring (bicyclic) bond motifs is 1. The van der Waals surface area contributed by atoms with Gasteiger partial charge in [-0.2, -0.15) is 0 Å². The maximum Gasteiger partial charge on any atom is 0.191 e. The molecule has 0 amide bonds. The summed E-state index contributed by atoms with van der Waals surface area (Å²) in [5, 5.41) is 10.0. The highest BCUT2D eigenvalue weighted by Gasteiger charge is 2.12. The minimum atomic E-state index is 0.0433. The Morgan fingerprint density at radius 2 is 1.90 bits per heavy atom. The Morgan fingerprint density at radius 1 is 1.10 bits per heavy atom. The van der Waals surface area contributed by atoms with Crippen molar-refractivity contribution in [2.75, 3.05) is 0 Å². The molecule has 0 aliphatic carbocycles. The van der Waals surface area contributed by atoms with Crippen molar-refractivity contribution in [3.8, 4) is 5.75 Å². The zero-order valence-corrected chi connectivity index (χ0v) is 17.4. The number of hydrogen-bond donors (Lipinski definition) is 1. The van der Waals surface area contributed by atoms with Crippen LogP contribution in [0.2, 0.25) is 0 Å². The van der Waals surface area contributed by atoms with Gasteiger partial charge in [-0.1, -0.05) is 36.0 Å². The summed E-state index contributed by atoms with van der Waals surface area (Å²) in [5.74, 6) is 2.14. The van der Waals surface area contributed by atoms with Crippen molar-refractivity contribution in [3.63, 3.8) is 0 Å². The van der Waals surface area contributed by atoms with Crippen LogP contribution >= 0.6 is 11.8 Å². The van der Waals surface area contributed by atoms with E-state index < -0.39 is 0 Å². The van der Waals surface area contributed by atoms with Crippen molar-refractivity contribution in [3.05, 3.63) is 81.4 Å².